The molecule has 3 heteroatoms. The quantitative estimate of drug-likeness (QED) is 0.463. The molecule has 0 amide bonds. The molecule has 8 rings (SSSR count). The summed E-state index contributed by atoms with van der Waals surface area (Å²) in [4.78, 5) is 12.7. The summed E-state index contributed by atoms with van der Waals surface area (Å²) in [5, 5.41) is 10.4. The molecule has 8 fully saturated rings. The third-order valence-electron chi connectivity index (χ3n) is 10.7. The Labute approximate surface area is 178 Å². The molecule has 0 aliphatic heterocycles. The lowest BCUT2D eigenvalue weighted by atomic mass is 9.26. The van der Waals surface area contributed by atoms with Crippen LogP contribution in [0.1, 0.15) is 105 Å². The molecule has 0 heterocycles. The van der Waals surface area contributed by atoms with Crippen LogP contribution in [0.15, 0.2) is 0 Å². The fourth-order valence-corrected chi connectivity index (χ4v) is 14.5. The first-order valence-electron chi connectivity index (χ1n) is 11.6. The van der Waals surface area contributed by atoms with Gasteiger partial charge in [-0.1, -0.05) is 43.6 Å². The fraction of sp³-hybridized carbons (Fsp3) is 0.960. The number of carbonyl (C=O) groups is 1. The van der Waals surface area contributed by atoms with Crippen molar-refractivity contribution in [2.24, 2.45) is 37.9 Å². The van der Waals surface area contributed by atoms with Crippen molar-refractivity contribution in [1.29, 1.82) is 0 Å². The zero-order valence-corrected chi connectivity index (χ0v) is 19.8. The molecule has 0 aromatic carbocycles. The molecule has 4 atom stereocenters. The van der Waals surface area contributed by atoms with Crippen molar-refractivity contribution < 1.29 is 9.90 Å². The van der Waals surface area contributed by atoms with E-state index in [-0.39, 0.29) is 16.2 Å². The van der Waals surface area contributed by atoms with Crippen LogP contribution in [0.3, 0.4) is 0 Å². The topological polar surface area (TPSA) is 37.3 Å². The van der Waals surface area contributed by atoms with Gasteiger partial charge in [0.1, 0.15) is 0 Å². The Kier molecular flexibility index (Phi) is 3.06. The highest BCUT2D eigenvalue weighted by molar-refractivity contribution is 9.10. The molecule has 4 unspecified atom stereocenters. The number of hydrogen-bond donors (Lipinski definition) is 1. The van der Waals surface area contributed by atoms with E-state index in [4.69, 9.17) is 0 Å². The van der Waals surface area contributed by atoms with E-state index in [2.05, 4.69) is 43.6 Å². The minimum Gasteiger partial charge on any atom is -0.481 e. The molecule has 8 aliphatic rings. The van der Waals surface area contributed by atoms with Crippen molar-refractivity contribution in [3.05, 3.63) is 0 Å². The highest BCUT2D eigenvalue weighted by Gasteiger charge is 2.76. The van der Waals surface area contributed by atoms with Crippen LogP contribution in [0.2, 0.25) is 0 Å². The van der Waals surface area contributed by atoms with Crippen LogP contribution in [0.25, 0.3) is 0 Å². The molecule has 2 nitrogen and oxygen atoms in total. The third kappa shape index (κ3) is 2.14. The van der Waals surface area contributed by atoms with Gasteiger partial charge in [-0.3, -0.25) is 4.79 Å². The predicted molar refractivity (Wildman–Crippen MR) is 114 cm³/mol. The van der Waals surface area contributed by atoms with Gasteiger partial charge in [0.25, 0.3) is 0 Å². The van der Waals surface area contributed by atoms with Gasteiger partial charge in [0, 0.05) is 4.32 Å². The SMILES string of the molecule is CC12CC3(C)CC(Br)(C1)CC(C14CC5(C)CC(C)(CC(C(=O)O)(C5)C1)C4)(C2)C3. The summed E-state index contributed by atoms with van der Waals surface area (Å²) in [7, 11) is 0. The van der Waals surface area contributed by atoms with E-state index in [1.165, 1.54) is 57.8 Å². The van der Waals surface area contributed by atoms with Gasteiger partial charge in [-0.05, 0) is 110 Å². The van der Waals surface area contributed by atoms with E-state index < -0.39 is 11.4 Å². The predicted octanol–water partition coefficient (Wildman–Crippen LogP) is 6.95. The lowest BCUT2D eigenvalue weighted by Crippen LogP contribution is -2.71. The van der Waals surface area contributed by atoms with Gasteiger partial charge < -0.3 is 5.11 Å². The molecule has 0 spiro atoms. The molecule has 8 saturated carbocycles. The summed E-state index contributed by atoms with van der Waals surface area (Å²) in [5.74, 6) is -0.482. The number of alkyl halides is 1. The van der Waals surface area contributed by atoms with E-state index in [1.54, 1.807) is 0 Å². The maximum Gasteiger partial charge on any atom is 0.309 e. The molecule has 0 saturated heterocycles. The smallest absolute Gasteiger partial charge is 0.309 e. The average Bonchev–Trinajstić information content (AvgIpc) is 2.37. The summed E-state index contributed by atoms with van der Waals surface area (Å²) in [6.45, 7) is 10.0. The van der Waals surface area contributed by atoms with Gasteiger partial charge in [0.15, 0.2) is 0 Å². The normalized spacial score (nSPS) is 66.5. The highest BCUT2D eigenvalue weighted by Crippen LogP contribution is 2.84. The van der Waals surface area contributed by atoms with Crippen molar-refractivity contribution in [3.63, 3.8) is 0 Å². The molecule has 8 bridgehead atoms. The average molecular weight is 449 g/mol. The molecule has 1 N–H and O–H groups in total. The van der Waals surface area contributed by atoms with Crippen LogP contribution in [0.5, 0.6) is 0 Å². The van der Waals surface area contributed by atoms with Crippen LogP contribution in [0.4, 0.5) is 0 Å². The first-order chi connectivity index (χ1) is 12.7. The van der Waals surface area contributed by atoms with Crippen molar-refractivity contribution >= 4 is 21.9 Å². The maximum absolute atomic E-state index is 12.7. The molecular weight excluding hydrogens is 412 g/mol. The van der Waals surface area contributed by atoms with Crippen LogP contribution < -0.4 is 0 Å². The summed E-state index contributed by atoms with van der Waals surface area (Å²) in [6.07, 6.45) is 14.7. The van der Waals surface area contributed by atoms with Gasteiger partial charge in [0.05, 0.1) is 5.41 Å². The molecule has 0 radical (unpaired) electrons. The second-order valence-electron chi connectivity index (χ2n) is 14.7. The maximum atomic E-state index is 12.7. The van der Waals surface area contributed by atoms with Crippen molar-refractivity contribution in [2.75, 3.05) is 0 Å². The van der Waals surface area contributed by atoms with E-state index >= 15 is 0 Å². The number of rotatable bonds is 2. The van der Waals surface area contributed by atoms with Gasteiger partial charge in [-0.2, -0.15) is 0 Å². The third-order valence-corrected chi connectivity index (χ3v) is 11.5. The zero-order valence-electron chi connectivity index (χ0n) is 18.2. The summed E-state index contributed by atoms with van der Waals surface area (Å²) >= 11 is 4.30. The minimum absolute atomic E-state index is 0.229. The number of halogens is 1. The fourth-order valence-electron chi connectivity index (χ4n) is 12.6. The number of carboxylic acids is 1. The van der Waals surface area contributed by atoms with Crippen molar-refractivity contribution in [2.45, 2.75) is 109 Å². The molecule has 0 aromatic rings. The monoisotopic (exact) mass is 448 g/mol. The van der Waals surface area contributed by atoms with Crippen molar-refractivity contribution in [1.82, 2.24) is 0 Å². The Morgan fingerprint density at radius 3 is 1.39 bits per heavy atom. The summed E-state index contributed by atoms with van der Waals surface area (Å²) < 4.78 is 0.298. The lowest BCUT2D eigenvalue weighted by molar-refractivity contribution is -0.277. The van der Waals surface area contributed by atoms with Crippen LogP contribution in [-0.2, 0) is 4.79 Å². The largest absolute Gasteiger partial charge is 0.481 e. The van der Waals surface area contributed by atoms with E-state index in [0.29, 0.717) is 20.6 Å². The molecule has 8 aliphatic carbocycles. The van der Waals surface area contributed by atoms with Crippen molar-refractivity contribution in [3.8, 4) is 0 Å². The van der Waals surface area contributed by atoms with E-state index in [1.807, 2.05) is 0 Å². The number of aliphatic carboxylic acids is 1. The summed E-state index contributed by atoms with van der Waals surface area (Å²) in [6, 6.07) is 0. The van der Waals surface area contributed by atoms with Gasteiger partial charge in [-0.25, -0.2) is 0 Å². The van der Waals surface area contributed by atoms with E-state index in [9.17, 15) is 9.90 Å². The summed E-state index contributed by atoms with van der Waals surface area (Å²) in [5.41, 5.74) is 1.47. The second-order valence-corrected chi connectivity index (χ2v) is 16.3. The van der Waals surface area contributed by atoms with Gasteiger partial charge in [0.2, 0.25) is 0 Å². The van der Waals surface area contributed by atoms with Gasteiger partial charge in [-0.15, -0.1) is 0 Å². The van der Waals surface area contributed by atoms with Gasteiger partial charge >= 0.3 is 5.97 Å². The Balaban J connectivity index is 1.54. The zero-order chi connectivity index (χ0) is 20.1. The molecule has 0 aromatic heterocycles. The second kappa shape index (κ2) is 4.58. The molecule has 28 heavy (non-hydrogen) atoms. The lowest BCUT2D eigenvalue weighted by Gasteiger charge is -2.78. The van der Waals surface area contributed by atoms with Crippen LogP contribution >= 0.6 is 15.9 Å². The number of carboxylic acid groups (broad SMARTS) is 1. The number of hydrogen-bond acceptors (Lipinski definition) is 1. The standard InChI is InChI=1S/C25H37BrO2/c1-18-5-19(2)8-22(7-18,17(27)28)15-23(9-18,10-19)24-11-20(3)6-21(4,12-24)14-25(26,13-20)16-24/h5-16H2,1-4H3,(H,27,28). The van der Waals surface area contributed by atoms with Crippen LogP contribution in [-0.4, -0.2) is 15.4 Å². The highest BCUT2D eigenvalue weighted by atomic mass is 79.9. The minimum atomic E-state index is -0.482. The Hall–Kier alpha value is -0.0500. The van der Waals surface area contributed by atoms with E-state index in [0.717, 1.165) is 19.3 Å². The molecule has 156 valence electrons. The van der Waals surface area contributed by atoms with Crippen LogP contribution in [0, 0.1) is 37.9 Å². The first-order valence-corrected chi connectivity index (χ1v) is 12.4. The first kappa shape index (κ1) is 18.7. The Morgan fingerprint density at radius 1 is 0.607 bits per heavy atom. The Bertz CT molecular complexity index is 727. The Morgan fingerprint density at radius 2 is 1.00 bits per heavy atom. The molecular formula is C25H37BrO2.